The van der Waals surface area contributed by atoms with Crippen LogP contribution in [0.25, 0.3) is 0 Å². The van der Waals surface area contributed by atoms with E-state index in [1.54, 1.807) is 7.11 Å². The minimum atomic E-state index is 0. The Hall–Kier alpha value is 0.214. The van der Waals surface area contributed by atoms with Crippen LogP contribution in [0, 0.1) is 0 Å². The molecule has 1 aromatic heterocycles. The first-order chi connectivity index (χ1) is 6.79. The van der Waals surface area contributed by atoms with E-state index >= 15 is 0 Å². The van der Waals surface area contributed by atoms with Gasteiger partial charge in [0.1, 0.15) is 7.05 Å². The van der Waals surface area contributed by atoms with Crippen LogP contribution < -0.4 is 4.57 Å². The second-order valence-electron chi connectivity index (χ2n) is 3.62. The van der Waals surface area contributed by atoms with Crippen LogP contribution >= 0.6 is 0 Å². The van der Waals surface area contributed by atoms with Crippen molar-refractivity contribution in [2.45, 2.75) is 33.1 Å². The Kier molecular flexibility index (Phi) is 12.0. The molecule has 1 heterocycles. The fourth-order valence-electron chi connectivity index (χ4n) is 1.78. The molecule has 0 saturated heterocycles. The maximum absolute atomic E-state index is 5.13. The Balaban J connectivity index is 0. The van der Waals surface area contributed by atoms with E-state index in [2.05, 4.69) is 42.9 Å². The number of pyridine rings is 1. The van der Waals surface area contributed by atoms with E-state index in [0.29, 0.717) is 5.92 Å². The van der Waals surface area contributed by atoms with Gasteiger partial charge >= 0.3 is 0 Å². The van der Waals surface area contributed by atoms with Gasteiger partial charge in [-0.1, -0.05) is 20.4 Å². The Bertz CT molecular complexity index is 278. The first-order valence-corrected chi connectivity index (χ1v) is 5.23. The van der Waals surface area contributed by atoms with Gasteiger partial charge in [-0.2, -0.15) is 0 Å². The molecule has 1 aromatic rings. The zero-order chi connectivity index (χ0) is 10.4. The van der Waals surface area contributed by atoms with E-state index in [0.717, 1.165) is 13.0 Å². The Labute approximate surface area is 125 Å². The summed E-state index contributed by atoms with van der Waals surface area (Å²) >= 11 is 0. The van der Waals surface area contributed by atoms with Crippen molar-refractivity contribution in [2.24, 2.45) is 7.05 Å². The molecule has 2 nitrogen and oxygen atoms in total. The molecule has 1 atom stereocenters. The van der Waals surface area contributed by atoms with E-state index in [-0.39, 0.29) is 40.1 Å². The summed E-state index contributed by atoms with van der Waals surface area (Å²) in [4.78, 5) is 0. The zero-order valence-corrected chi connectivity index (χ0v) is 12.8. The van der Waals surface area contributed by atoms with Gasteiger partial charge in [-0.3, -0.25) is 0 Å². The van der Waals surface area contributed by atoms with Crippen molar-refractivity contribution in [2.75, 3.05) is 13.7 Å². The molecule has 0 aliphatic rings. The van der Waals surface area contributed by atoms with Crippen LogP contribution in [-0.4, -0.2) is 13.7 Å². The van der Waals surface area contributed by atoms with Gasteiger partial charge in [-0.15, -0.1) is 0 Å². The standard InChI is InChI=1S/C12H20NO.CH4.Y/c1-4-11(8-10-14-3)12-7-5-6-9-13(12)2;;/h5-7,9,11H,4,8,10H2,1-3H3;1H4;/q+1;;. The number of nitrogens with zero attached hydrogens (tertiary/aromatic N) is 1. The average molecular weight is 299 g/mol. The van der Waals surface area contributed by atoms with Crippen LogP contribution in [0.3, 0.4) is 0 Å². The summed E-state index contributed by atoms with van der Waals surface area (Å²) in [5, 5.41) is 0. The molecule has 1 rings (SSSR count). The second-order valence-corrected chi connectivity index (χ2v) is 3.62. The molecule has 0 bridgehead atoms. The summed E-state index contributed by atoms with van der Waals surface area (Å²) in [6.45, 7) is 3.07. The molecule has 0 fully saturated rings. The van der Waals surface area contributed by atoms with Gasteiger partial charge in [0.05, 0.1) is 0 Å². The first kappa shape index (κ1) is 18.6. The average Bonchev–Trinajstić information content (AvgIpc) is 2.21. The summed E-state index contributed by atoms with van der Waals surface area (Å²) in [5.74, 6) is 0.612. The molecule has 0 aliphatic heterocycles. The third-order valence-corrected chi connectivity index (χ3v) is 2.68. The molecule has 16 heavy (non-hydrogen) atoms. The van der Waals surface area contributed by atoms with Crippen LogP contribution in [-0.2, 0) is 44.5 Å². The predicted molar refractivity (Wildman–Crippen MR) is 63.9 cm³/mol. The third kappa shape index (κ3) is 5.51. The minimum Gasteiger partial charge on any atom is -0.385 e. The molecule has 1 unspecified atom stereocenters. The van der Waals surface area contributed by atoms with Gasteiger partial charge in [-0.25, -0.2) is 4.57 Å². The number of hydrogen-bond acceptors (Lipinski definition) is 1. The van der Waals surface area contributed by atoms with Gasteiger partial charge in [0.2, 0.25) is 0 Å². The summed E-state index contributed by atoms with van der Waals surface area (Å²) in [6, 6.07) is 6.36. The largest absolute Gasteiger partial charge is 0.385 e. The van der Waals surface area contributed by atoms with Gasteiger partial charge in [0.15, 0.2) is 11.9 Å². The molecule has 0 spiro atoms. The van der Waals surface area contributed by atoms with Crippen molar-refractivity contribution >= 4 is 0 Å². The molecule has 1 radical (unpaired) electrons. The molecule has 89 valence electrons. The van der Waals surface area contributed by atoms with E-state index in [1.165, 1.54) is 12.1 Å². The molecule has 0 saturated carbocycles. The van der Waals surface area contributed by atoms with Crippen LogP contribution in [0.1, 0.15) is 38.8 Å². The monoisotopic (exact) mass is 299 g/mol. The van der Waals surface area contributed by atoms with Crippen LogP contribution in [0.15, 0.2) is 24.4 Å². The maximum atomic E-state index is 5.13. The summed E-state index contributed by atoms with van der Waals surface area (Å²) in [6.07, 6.45) is 4.37. The predicted octanol–water partition coefficient (Wildman–Crippen LogP) is 2.67. The Morgan fingerprint density at radius 3 is 2.56 bits per heavy atom. The molecular weight excluding hydrogens is 275 g/mol. The fourth-order valence-corrected chi connectivity index (χ4v) is 1.78. The number of ether oxygens (including phenoxy) is 1. The van der Waals surface area contributed by atoms with Crippen LogP contribution in [0.4, 0.5) is 0 Å². The zero-order valence-electron chi connectivity index (χ0n) is 9.94. The van der Waals surface area contributed by atoms with E-state index in [1.807, 2.05) is 0 Å². The van der Waals surface area contributed by atoms with Crippen molar-refractivity contribution in [1.29, 1.82) is 0 Å². The fraction of sp³-hybridized carbons (Fsp3) is 0.615. The normalized spacial score (nSPS) is 11.2. The quantitative estimate of drug-likeness (QED) is 0.762. The number of rotatable bonds is 5. The SMILES string of the molecule is C.CCC(CCOC)c1cccc[n+]1C.[Y]. The molecular formula is C13H24NOY+. The van der Waals surface area contributed by atoms with Crippen molar-refractivity contribution in [3.05, 3.63) is 30.1 Å². The van der Waals surface area contributed by atoms with Crippen LogP contribution in [0.5, 0.6) is 0 Å². The number of aryl methyl sites for hydroxylation is 1. The Morgan fingerprint density at radius 2 is 2.06 bits per heavy atom. The maximum Gasteiger partial charge on any atom is 0.184 e. The molecule has 0 N–H and O–H groups in total. The molecule has 0 aromatic carbocycles. The number of aromatic nitrogens is 1. The van der Waals surface area contributed by atoms with Gasteiger partial charge in [-0.05, 0) is 12.8 Å². The van der Waals surface area contributed by atoms with Crippen molar-refractivity contribution < 1.29 is 42.0 Å². The summed E-state index contributed by atoms with van der Waals surface area (Å²) in [7, 11) is 3.86. The van der Waals surface area contributed by atoms with E-state index in [4.69, 9.17) is 4.74 Å². The van der Waals surface area contributed by atoms with Crippen molar-refractivity contribution in [3.8, 4) is 0 Å². The third-order valence-electron chi connectivity index (χ3n) is 2.68. The second kappa shape index (κ2) is 10.4. The summed E-state index contributed by atoms with van der Waals surface area (Å²) in [5.41, 5.74) is 1.40. The van der Waals surface area contributed by atoms with Crippen LogP contribution in [0.2, 0.25) is 0 Å². The van der Waals surface area contributed by atoms with Gasteiger partial charge < -0.3 is 4.74 Å². The Morgan fingerprint density at radius 1 is 1.38 bits per heavy atom. The number of hydrogen-bond donors (Lipinski definition) is 0. The number of methoxy groups -OCH3 is 1. The van der Waals surface area contributed by atoms with E-state index in [9.17, 15) is 0 Å². The summed E-state index contributed by atoms with van der Waals surface area (Å²) < 4.78 is 7.32. The topological polar surface area (TPSA) is 13.1 Å². The minimum absolute atomic E-state index is 0. The first-order valence-electron chi connectivity index (χ1n) is 5.23. The molecule has 0 amide bonds. The van der Waals surface area contributed by atoms with Crippen molar-refractivity contribution in [3.63, 3.8) is 0 Å². The van der Waals surface area contributed by atoms with Crippen molar-refractivity contribution in [1.82, 2.24) is 0 Å². The van der Waals surface area contributed by atoms with Gasteiger partial charge in [0, 0.05) is 64.5 Å². The molecule has 3 heteroatoms. The smallest absolute Gasteiger partial charge is 0.184 e. The van der Waals surface area contributed by atoms with Gasteiger partial charge in [0.25, 0.3) is 0 Å². The van der Waals surface area contributed by atoms with E-state index < -0.39 is 0 Å². The molecule has 0 aliphatic carbocycles.